The average molecular weight is 521 g/mol. The number of nitrogens with zero attached hydrogens (tertiary/aromatic N) is 2. The Labute approximate surface area is 191 Å². The summed E-state index contributed by atoms with van der Waals surface area (Å²) in [6.07, 6.45) is 4.28. The second-order valence-electron chi connectivity index (χ2n) is 8.17. The quantitative estimate of drug-likeness (QED) is 0.300. The van der Waals surface area contributed by atoms with Gasteiger partial charge in [-0.3, -0.25) is 0 Å². The minimum atomic E-state index is -0.471. The molecule has 1 fully saturated rings. The molecule has 1 amide bonds. The van der Waals surface area contributed by atoms with Crippen LogP contribution in [-0.4, -0.2) is 41.4 Å². The number of alkyl carbamates (subject to hydrolysis) is 1. The summed E-state index contributed by atoms with van der Waals surface area (Å²) in [5.41, 5.74) is 0.473. The van der Waals surface area contributed by atoms with E-state index in [1.54, 1.807) is 0 Å². The SMILES string of the molecule is CCNC(=NCc1cc(CC)no1)NC1CCC(NC(=O)OC(C)(C)C)CC1.I. The molecule has 1 heterocycles. The fourth-order valence-corrected chi connectivity index (χ4v) is 3.12. The molecule has 3 N–H and O–H groups in total. The zero-order chi connectivity index (χ0) is 20.6. The van der Waals surface area contributed by atoms with Gasteiger partial charge in [-0.05, 0) is 59.8 Å². The van der Waals surface area contributed by atoms with Crippen molar-refractivity contribution >= 4 is 36.0 Å². The largest absolute Gasteiger partial charge is 0.444 e. The molecule has 9 heteroatoms. The van der Waals surface area contributed by atoms with Gasteiger partial charge in [0.05, 0.1) is 5.69 Å². The molecule has 29 heavy (non-hydrogen) atoms. The Kier molecular flexibility index (Phi) is 10.8. The second kappa shape index (κ2) is 12.2. The van der Waals surface area contributed by atoms with Crippen molar-refractivity contribution in [3.63, 3.8) is 0 Å². The van der Waals surface area contributed by atoms with Crippen molar-refractivity contribution in [2.45, 2.75) is 91.0 Å². The first kappa shape index (κ1) is 25.5. The smallest absolute Gasteiger partial charge is 0.407 e. The van der Waals surface area contributed by atoms with E-state index in [-0.39, 0.29) is 36.1 Å². The van der Waals surface area contributed by atoms with E-state index in [0.717, 1.165) is 56.1 Å². The first-order valence-electron chi connectivity index (χ1n) is 10.3. The number of ether oxygens (including phenoxy) is 1. The Hall–Kier alpha value is -1.52. The van der Waals surface area contributed by atoms with E-state index >= 15 is 0 Å². The molecule has 8 nitrogen and oxygen atoms in total. The molecule has 0 atom stereocenters. The topological polar surface area (TPSA) is 101 Å². The first-order valence-corrected chi connectivity index (χ1v) is 10.3. The maximum Gasteiger partial charge on any atom is 0.407 e. The lowest BCUT2D eigenvalue weighted by Crippen LogP contribution is -2.48. The zero-order valence-electron chi connectivity index (χ0n) is 18.2. The second-order valence-corrected chi connectivity index (χ2v) is 8.17. The lowest BCUT2D eigenvalue weighted by molar-refractivity contribution is 0.0490. The minimum absolute atomic E-state index is 0. The van der Waals surface area contributed by atoms with Crippen molar-refractivity contribution in [2.24, 2.45) is 4.99 Å². The van der Waals surface area contributed by atoms with Gasteiger partial charge in [-0.15, -0.1) is 24.0 Å². The van der Waals surface area contributed by atoms with Gasteiger partial charge in [0.15, 0.2) is 11.7 Å². The van der Waals surface area contributed by atoms with Gasteiger partial charge in [0.2, 0.25) is 0 Å². The molecule has 2 rings (SSSR count). The summed E-state index contributed by atoms with van der Waals surface area (Å²) < 4.78 is 10.6. The lowest BCUT2D eigenvalue weighted by atomic mass is 9.91. The van der Waals surface area contributed by atoms with E-state index in [0.29, 0.717) is 12.6 Å². The van der Waals surface area contributed by atoms with Gasteiger partial charge in [-0.2, -0.15) is 0 Å². The molecule has 0 unspecified atom stereocenters. The maximum atomic E-state index is 11.9. The van der Waals surface area contributed by atoms with Crippen molar-refractivity contribution in [1.29, 1.82) is 0 Å². The normalized spacial score (nSPS) is 19.8. The van der Waals surface area contributed by atoms with Crippen molar-refractivity contribution in [3.05, 3.63) is 17.5 Å². The van der Waals surface area contributed by atoms with Gasteiger partial charge < -0.3 is 25.2 Å². The number of aryl methyl sites for hydroxylation is 1. The van der Waals surface area contributed by atoms with Crippen molar-refractivity contribution in [2.75, 3.05) is 6.54 Å². The van der Waals surface area contributed by atoms with Crippen LogP contribution in [0.1, 0.15) is 71.8 Å². The van der Waals surface area contributed by atoms with Crippen LogP contribution < -0.4 is 16.0 Å². The fourth-order valence-electron chi connectivity index (χ4n) is 3.12. The van der Waals surface area contributed by atoms with Gasteiger partial charge in [-0.25, -0.2) is 9.79 Å². The number of nitrogens with one attached hydrogen (secondary N) is 3. The van der Waals surface area contributed by atoms with E-state index < -0.39 is 5.60 Å². The average Bonchev–Trinajstić information content (AvgIpc) is 3.08. The molecular weight excluding hydrogens is 485 g/mol. The summed E-state index contributed by atoms with van der Waals surface area (Å²) in [6, 6.07) is 2.44. The van der Waals surface area contributed by atoms with Crippen LogP contribution in [0.3, 0.4) is 0 Å². The van der Waals surface area contributed by atoms with E-state index in [4.69, 9.17) is 9.26 Å². The number of rotatable bonds is 6. The Morgan fingerprint density at radius 1 is 1.21 bits per heavy atom. The highest BCUT2D eigenvalue weighted by molar-refractivity contribution is 14.0. The summed E-state index contributed by atoms with van der Waals surface area (Å²) in [4.78, 5) is 16.5. The van der Waals surface area contributed by atoms with Crippen LogP contribution in [0.4, 0.5) is 4.79 Å². The Balaban J connectivity index is 0.00000420. The number of guanidine groups is 1. The summed E-state index contributed by atoms with van der Waals surface area (Å²) in [5, 5.41) is 13.7. The maximum absolute atomic E-state index is 11.9. The van der Waals surface area contributed by atoms with Crippen LogP contribution in [0.15, 0.2) is 15.6 Å². The van der Waals surface area contributed by atoms with Crippen molar-refractivity contribution in [3.8, 4) is 0 Å². The van der Waals surface area contributed by atoms with Crippen LogP contribution >= 0.6 is 24.0 Å². The van der Waals surface area contributed by atoms with Crippen LogP contribution in [0, 0.1) is 0 Å². The van der Waals surface area contributed by atoms with Crippen molar-refractivity contribution in [1.82, 2.24) is 21.1 Å². The van der Waals surface area contributed by atoms with Gasteiger partial charge in [-0.1, -0.05) is 12.1 Å². The van der Waals surface area contributed by atoms with E-state index in [1.807, 2.05) is 40.7 Å². The van der Waals surface area contributed by atoms with E-state index in [1.165, 1.54) is 0 Å². The third kappa shape index (κ3) is 9.68. The molecule has 166 valence electrons. The van der Waals surface area contributed by atoms with Gasteiger partial charge in [0.1, 0.15) is 12.1 Å². The predicted octanol–water partition coefficient (Wildman–Crippen LogP) is 3.75. The van der Waals surface area contributed by atoms with Crippen LogP contribution in [0.2, 0.25) is 0 Å². The van der Waals surface area contributed by atoms with Crippen LogP contribution in [0.25, 0.3) is 0 Å². The number of aliphatic imine (C=N–C) groups is 1. The lowest BCUT2D eigenvalue weighted by Gasteiger charge is -2.31. The molecule has 0 aliphatic heterocycles. The molecule has 1 aromatic rings. The number of carbonyl (C=O) groups excluding carboxylic acids is 1. The first-order chi connectivity index (χ1) is 13.3. The van der Waals surface area contributed by atoms with Crippen LogP contribution in [0.5, 0.6) is 0 Å². The Morgan fingerprint density at radius 3 is 2.34 bits per heavy atom. The summed E-state index contributed by atoms with van der Waals surface area (Å²) in [6.45, 7) is 11.0. The molecule has 1 aromatic heterocycles. The molecular formula is C20H36IN5O3. The van der Waals surface area contributed by atoms with E-state index in [9.17, 15) is 4.79 Å². The van der Waals surface area contributed by atoms with Gasteiger partial charge in [0, 0.05) is 24.7 Å². The number of aromatic nitrogens is 1. The number of hydrogen-bond acceptors (Lipinski definition) is 5. The number of halogens is 1. The molecule has 0 spiro atoms. The number of amides is 1. The number of carbonyl (C=O) groups is 1. The Bertz CT molecular complexity index is 649. The highest BCUT2D eigenvalue weighted by Gasteiger charge is 2.25. The fraction of sp³-hybridized carbons (Fsp3) is 0.750. The molecule has 0 aromatic carbocycles. The third-order valence-electron chi connectivity index (χ3n) is 4.50. The minimum Gasteiger partial charge on any atom is -0.444 e. The summed E-state index contributed by atoms with van der Waals surface area (Å²) in [7, 11) is 0. The standard InChI is InChI=1S/C20H35N5O3.HI/c1-6-14-12-17(28-25-14)13-22-18(21-7-2)23-15-8-10-16(11-9-15)24-19(26)27-20(3,4)5;/h12,15-16H,6-11,13H2,1-5H3,(H,24,26)(H2,21,22,23);1H. The van der Waals surface area contributed by atoms with Crippen LogP contribution in [-0.2, 0) is 17.7 Å². The molecule has 1 aliphatic rings. The summed E-state index contributed by atoms with van der Waals surface area (Å²) >= 11 is 0. The molecule has 1 saturated carbocycles. The van der Waals surface area contributed by atoms with E-state index in [2.05, 4.69) is 26.1 Å². The number of hydrogen-bond donors (Lipinski definition) is 3. The zero-order valence-corrected chi connectivity index (χ0v) is 20.5. The van der Waals surface area contributed by atoms with Crippen molar-refractivity contribution < 1.29 is 14.1 Å². The third-order valence-corrected chi connectivity index (χ3v) is 4.50. The highest BCUT2D eigenvalue weighted by atomic mass is 127. The molecule has 0 bridgehead atoms. The molecule has 0 saturated heterocycles. The molecule has 0 radical (unpaired) electrons. The summed E-state index contributed by atoms with van der Waals surface area (Å²) in [5.74, 6) is 1.54. The predicted molar refractivity (Wildman–Crippen MR) is 125 cm³/mol. The van der Waals surface area contributed by atoms with Gasteiger partial charge >= 0.3 is 6.09 Å². The highest BCUT2D eigenvalue weighted by Crippen LogP contribution is 2.19. The monoisotopic (exact) mass is 521 g/mol. The molecule has 1 aliphatic carbocycles. The Morgan fingerprint density at radius 2 is 1.83 bits per heavy atom. The van der Waals surface area contributed by atoms with Gasteiger partial charge in [0.25, 0.3) is 0 Å².